The number of aromatic amines is 1. The SMILES string of the molecule is CCCn1c(=O)c2[nH]c(C3CC4CCC(C3)C4CC(=O)O)nc2n(CCC)c1=O. The molecule has 2 aliphatic carbocycles. The maximum Gasteiger partial charge on any atom is 0.332 e. The number of carboxylic acid groups (broad SMARTS) is 1. The fourth-order valence-electron chi connectivity index (χ4n) is 5.64. The lowest BCUT2D eigenvalue weighted by Gasteiger charge is -2.33. The molecular weight excluding hydrogens is 372 g/mol. The minimum atomic E-state index is -0.714. The third-order valence-corrected chi connectivity index (χ3v) is 6.86. The second-order valence-electron chi connectivity index (χ2n) is 8.74. The van der Waals surface area contributed by atoms with Gasteiger partial charge in [0.15, 0.2) is 5.65 Å². The molecule has 2 N–H and O–H groups in total. The largest absolute Gasteiger partial charge is 0.481 e. The zero-order chi connectivity index (χ0) is 20.7. The third-order valence-electron chi connectivity index (χ3n) is 6.86. The van der Waals surface area contributed by atoms with Gasteiger partial charge in [-0.2, -0.15) is 0 Å². The predicted octanol–water partition coefficient (Wildman–Crippen LogP) is 2.70. The van der Waals surface area contributed by atoms with Crippen molar-refractivity contribution in [2.75, 3.05) is 0 Å². The number of aliphatic carboxylic acids is 1. The van der Waals surface area contributed by atoms with Gasteiger partial charge in [0.05, 0.1) is 0 Å². The number of hydrogen-bond donors (Lipinski definition) is 2. The summed E-state index contributed by atoms with van der Waals surface area (Å²) in [6.45, 7) is 4.88. The van der Waals surface area contributed by atoms with Crippen LogP contribution >= 0.6 is 0 Å². The van der Waals surface area contributed by atoms with Crippen LogP contribution in [0.5, 0.6) is 0 Å². The molecule has 4 rings (SSSR count). The fourth-order valence-corrected chi connectivity index (χ4v) is 5.64. The van der Waals surface area contributed by atoms with Gasteiger partial charge in [-0.3, -0.25) is 18.7 Å². The summed E-state index contributed by atoms with van der Waals surface area (Å²) in [7, 11) is 0. The molecule has 2 aromatic heterocycles. The van der Waals surface area contributed by atoms with E-state index in [-0.39, 0.29) is 29.5 Å². The number of nitrogens with one attached hydrogen (secondary N) is 1. The minimum Gasteiger partial charge on any atom is -0.481 e. The Kier molecular flexibility index (Phi) is 5.36. The van der Waals surface area contributed by atoms with Crippen LogP contribution in [0.3, 0.4) is 0 Å². The molecule has 0 saturated heterocycles. The zero-order valence-corrected chi connectivity index (χ0v) is 17.2. The number of carboxylic acids is 1. The van der Waals surface area contributed by atoms with Gasteiger partial charge >= 0.3 is 11.7 Å². The summed E-state index contributed by atoms with van der Waals surface area (Å²) < 4.78 is 2.93. The standard InChI is InChI=1S/C21H30N4O4/c1-3-7-24-19-17(20(28)25(8-4-2)21(24)29)22-18(23-19)14-9-12-5-6-13(10-14)15(12)11-16(26)27/h12-15H,3-11H2,1-2H3,(H,22,23)(H,26,27). The van der Waals surface area contributed by atoms with Crippen molar-refractivity contribution in [2.24, 2.45) is 17.8 Å². The van der Waals surface area contributed by atoms with Crippen molar-refractivity contribution in [2.45, 2.75) is 77.8 Å². The van der Waals surface area contributed by atoms with Gasteiger partial charge in [-0.25, -0.2) is 9.78 Å². The minimum absolute atomic E-state index is 0.189. The Hall–Kier alpha value is -2.38. The quantitative estimate of drug-likeness (QED) is 0.740. The van der Waals surface area contributed by atoms with Crippen LogP contribution in [0.15, 0.2) is 9.59 Å². The van der Waals surface area contributed by atoms with Gasteiger partial charge in [0, 0.05) is 25.4 Å². The lowest BCUT2D eigenvalue weighted by atomic mass is 9.72. The van der Waals surface area contributed by atoms with Crippen molar-refractivity contribution in [1.29, 1.82) is 0 Å². The third kappa shape index (κ3) is 3.42. The Morgan fingerprint density at radius 1 is 1.10 bits per heavy atom. The highest BCUT2D eigenvalue weighted by atomic mass is 16.4. The van der Waals surface area contributed by atoms with Crippen molar-refractivity contribution >= 4 is 17.1 Å². The van der Waals surface area contributed by atoms with Crippen LogP contribution in [-0.2, 0) is 17.9 Å². The molecule has 2 atom stereocenters. The van der Waals surface area contributed by atoms with Gasteiger partial charge in [-0.15, -0.1) is 0 Å². The van der Waals surface area contributed by atoms with Crippen LogP contribution in [0.4, 0.5) is 0 Å². The molecule has 8 nitrogen and oxygen atoms in total. The van der Waals surface area contributed by atoms with Gasteiger partial charge < -0.3 is 10.1 Å². The molecule has 158 valence electrons. The maximum atomic E-state index is 12.9. The Labute approximate surface area is 169 Å². The molecular formula is C21H30N4O4. The van der Waals surface area contributed by atoms with E-state index in [2.05, 4.69) is 4.98 Å². The summed E-state index contributed by atoms with van der Waals surface area (Å²) in [5, 5.41) is 9.23. The molecule has 2 aliphatic rings. The summed E-state index contributed by atoms with van der Waals surface area (Å²) in [4.78, 5) is 45.0. The molecule has 2 unspecified atom stereocenters. The second kappa shape index (κ2) is 7.80. The van der Waals surface area contributed by atoms with Gasteiger partial charge in [-0.1, -0.05) is 13.8 Å². The molecule has 2 heterocycles. The fraction of sp³-hybridized carbons (Fsp3) is 0.714. The number of rotatable bonds is 7. The van der Waals surface area contributed by atoms with E-state index >= 15 is 0 Å². The van der Waals surface area contributed by atoms with E-state index in [9.17, 15) is 19.5 Å². The number of fused-ring (bicyclic) bond motifs is 3. The average Bonchev–Trinajstić information content (AvgIpc) is 3.20. The van der Waals surface area contributed by atoms with E-state index in [4.69, 9.17) is 4.98 Å². The summed E-state index contributed by atoms with van der Waals surface area (Å²) in [6.07, 6.45) is 5.69. The average molecular weight is 402 g/mol. The second-order valence-corrected chi connectivity index (χ2v) is 8.74. The topological polar surface area (TPSA) is 110 Å². The van der Waals surface area contributed by atoms with Gasteiger partial charge in [0.2, 0.25) is 0 Å². The predicted molar refractivity (Wildman–Crippen MR) is 109 cm³/mol. The Morgan fingerprint density at radius 3 is 2.31 bits per heavy atom. The van der Waals surface area contributed by atoms with Crippen LogP contribution < -0.4 is 11.2 Å². The monoisotopic (exact) mass is 402 g/mol. The molecule has 8 heteroatoms. The van der Waals surface area contributed by atoms with Crippen LogP contribution in [-0.4, -0.2) is 30.2 Å². The number of H-pyrrole nitrogens is 1. The molecule has 0 spiro atoms. The van der Waals surface area contributed by atoms with E-state index in [1.807, 2.05) is 13.8 Å². The number of aryl methyl sites for hydroxylation is 1. The van der Waals surface area contributed by atoms with Gasteiger partial charge in [0.25, 0.3) is 5.56 Å². The number of hydrogen-bond acceptors (Lipinski definition) is 4. The van der Waals surface area contributed by atoms with Gasteiger partial charge in [0.1, 0.15) is 11.3 Å². The molecule has 2 bridgehead atoms. The first kappa shape index (κ1) is 19.9. The first-order valence-electron chi connectivity index (χ1n) is 10.9. The van der Waals surface area contributed by atoms with Crippen molar-refractivity contribution in [3.8, 4) is 0 Å². The Morgan fingerprint density at radius 2 is 1.72 bits per heavy atom. The van der Waals surface area contributed by atoms with Crippen molar-refractivity contribution in [3.05, 3.63) is 26.7 Å². The molecule has 29 heavy (non-hydrogen) atoms. The van der Waals surface area contributed by atoms with Crippen molar-refractivity contribution in [3.63, 3.8) is 0 Å². The lowest BCUT2D eigenvalue weighted by molar-refractivity contribution is -0.139. The summed E-state index contributed by atoms with van der Waals surface area (Å²) in [5.74, 6) is 1.31. The Bertz CT molecular complexity index is 1020. The van der Waals surface area contributed by atoms with E-state index in [1.54, 1.807) is 4.57 Å². The molecule has 0 aliphatic heterocycles. The van der Waals surface area contributed by atoms with E-state index in [0.717, 1.165) is 37.9 Å². The van der Waals surface area contributed by atoms with Crippen molar-refractivity contribution < 1.29 is 9.90 Å². The summed E-state index contributed by atoms with van der Waals surface area (Å²) >= 11 is 0. The molecule has 2 saturated carbocycles. The van der Waals surface area contributed by atoms with Crippen molar-refractivity contribution in [1.82, 2.24) is 19.1 Å². The summed E-state index contributed by atoms with van der Waals surface area (Å²) in [5.41, 5.74) is 0.306. The molecule has 0 amide bonds. The van der Waals surface area contributed by atoms with E-state index in [0.29, 0.717) is 42.5 Å². The highest BCUT2D eigenvalue weighted by molar-refractivity contribution is 5.70. The van der Waals surface area contributed by atoms with Crippen LogP contribution in [0.1, 0.15) is 70.5 Å². The van der Waals surface area contributed by atoms with E-state index in [1.165, 1.54) is 4.57 Å². The maximum absolute atomic E-state index is 12.9. The van der Waals surface area contributed by atoms with Gasteiger partial charge in [-0.05, 0) is 56.3 Å². The lowest BCUT2D eigenvalue weighted by Crippen LogP contribution is -2.40. The van der Waals surface area contributed by atoms with Crippen LogP contribution in [0, 0.1) is 17.8 Å². The number of imidazole rings is 1. The van der Waals surface area contributed by atoms with Crippen LogP contribution in [0.2, 0.25) is 0 Å². The van der Waals surface area contributed by atoms with Crippen LogP contribution in [0.25, 0.3) is 11.2 Å². The summed E-state index contributed by atoms with van der Waals surface area (Å²) in [6, 6.07) is 0. The highest BCUT2D eigenvalue weighted by Gasteiger charge is 2.44. The number of aromatic nitrogens is 4. The number of nitrogens with zero attached hydrogens (tertiary/aromatic N) is 3. The first-order valence-corrected chi connectivity index (χ1v) is 10.9. The zero-order valence-electron chi connectivity index (χ0n) is 17.2. The van der Waals surface area contributed by atoms with E-state index < -0.39 is 5.97 Å². The molecule has 2 aromatic rings. The Balaban J connectivity index is 1.72. The highest BCUT2D eigenvalue weighted by Crippen LogP contribution is 2.52. The normalized spacial score (nSPS) is 26.3. The first-order chi connectivity index (χ1) is 13.9. The molecule has 0 radical (unpaired) electrons. The molecule has 0 aromatic carbocycles. The molecule has 2 fully saturated rings. The number of carbonyl (C=O) groups is 1. The smallest absolute Gasteiger partial charge is 0.332 e.